The molecule has 4 nitrogen and oxygen atoms in total. The first-order valence-corrected chi connectivity index (χ1v) is 11.8. The molecule has 0 saturated heterocycles. The number of carbonyl (C=O) groups is 1. The second-order valence-corrected chi connectivity index (χ2v) is 9.58. The average Bonchev–Trinajstić information content (AvgIpc) is 2.80. The number of nitrogens with one attached hydrogen (secondary N) is 1. The second kappa shape index (κ2) is 11.6. The number of ether oxygens (including phenoxy) is 2. The highest BCUT2D eigenvalue weighted by atomic mass is 32.2. The van der Waals surface area contributed by atoms with Crippen LogP contribution in [0.1, 0.15) is 36.7 Å². The molecule has 0 aliphatic carbocycles. The van der Waals surface area contributed by atoms with Gasteiger partial charge in [0.1, 0.15) is 18.1 Å². The molecule has 32 heavy (non-hydrogen) atoms. The van der Waals surface area contributed by atoms with Gasteiger partial charge >= 0.3 is 0 Å². The van der Waals surface area contributed by atoms with E-state index in [1.165, 1.54) is 10.5 Å². The molecule has 3 aromatic rings. The fraction of sp³-hybridized carbons (Fsp3) is 0.296. The molecule has 0 spiro atoms. The first-order chi connectivity index (χ1) is 15.4. The maximum absolute atomic E-state index is 12.3. The summed E-state index contributed by atoms with van der Waals surface area (Å²) in [5.41, 5.74) is 1.99. The Balaban J connectivity index is 1.34. The molecule has 0 bridgehead atoms. The summed E-state index contributed by atoms with van der Waals surface area (Å²) in [6.45, 7) is 8.02. The summed E-state index contributed by atoms with van der Waals surface area (Å²) >= 11 is 1.76. The quantitative estimate of drug-likeness (QED) is 0.306. The molecule has 0 heterocycles. The zero-order valence-corrected chi connectivity index (χ0v) is 19.8. The van der Waals surface area contributed by atoms with Crippen LogP contribution in [0.15, 0.2) is 83.8 Å². The Morgan fingerprint density at radius 2 is 1.41 bits per heavy atom. The largest absolute Gasteiger partial charge is 0.493 e. The predicted molar refractivity (Wildman–Crippen MR) is 132 cm³/mol. The first-order valence-electron chi connectivity index (χ1n) is 10.8. The molecule has 3 rings (SSSR count). The molecule has 0 aliphatic rings. The van der Waals surface area contributed by atoms with Gasteiger partial charge in [0, 0.05) is 16.2 Å². The van der Waals surface area contributed by atoms with Gasteiger partial charge in [0.2, 0.25) is 0 Å². The van der Waals surface area contributed by atoms with E-state index in [4.69, 9.17) is 9.47 Å². The van der Waals surface area contributed by atoms with Gasteiger partial charge < -0.3 is 14.8 Å². The highest BCUT2D eigenvalue weighted by Crippen LogP contribution is 2.24. The first kappa shape index (κ1) is 23.7. The molecule has 1 N–H and O–H groups in total. The molecule has 1 amide bonds. The summed E-state index contributed by atoms with van der Waals surface area (Å²) in [6, 6.07) is 25.6. The number of thioether (sulfide) groups is 1. The molecule has 0 radical (unpaired) electrons. The lowest BCUT2D eigenvalue weighted by Crippen LogP contribution is -2.28. The van der Waals surface area contributed by atoms with Gasteiger partial charge in [0.05, 0.1) is 13.2 Å². The van der Waals surface area contributed by atoms with Crippen molar-refractivity contribution in [2.75, 3.05) is 25.5 Å². The minimum Gasteiger partial charge on any atom is -0.493 e. The van der Waals surface area contributed by atoms with Crippen molar-refractivity contribution >= 4 is 17.7 Å². The molecule has 0 saturated carbocycles. The van der Waals surface area contributed by atoms with E-state index in [9.17, 15) is 4.79 Å². The molecule has 0 aliphatic heterocycles. The number of amides is 1. The number of benzene rings is 3. The molecule has 0 atom stereocenters. The van der Waals surface area contributed by atoms with Crippen molar-refractivity contribution in [3.63, 3.8) is 0 Å². The number of rotatable bonds is 10. The zero-order chi connectivity index (χ0) is 22.8. The Morgan fingerprint density at radius 1 is 0.812 bits per heavy atom. The van der Waals surface area contributed by atoms with E-state index in [1.54, 1.807) is 23.9 Å². The third kappa shape index (κ3) is 7.65. The van der Waals surface area contributed by atoms with Crippen molar-refractivity contribution in [1.29, 1.82) is 0 Å². The number of hydrogen-bond donors (Lipinski definition) is 1. The summed E-state index contributed by atoms with van der Waals surface area (Å²) in [5.74, 6) is 2.31. The lowest BCUT2D eigenvalue weighted by Gasteiger charge is -2.19. The normalized spacial score (nSPS) is 11.1. The van der Waals surface area contributed by atoms with Gasteiger partial charge in [-0.05, 0) is 59.5 Å². The van der Waals surface area contributed by atoms with Crippen LogP contribution < -0.4 is 14.8 Å². The van der Waals surface area contributed by atoms with E-state index >= 15 is 0 Å². The Kier molecular flexibility index (Phi) is 8.63. The molecule has 0 fully saturated rings. The van der Waals surface area contributed by atoms with Crippen LogP contribution in [0.5, 0.6) is 11.5 Å². The summed E-state index contributed by atoms with van der Waals surface area (Å²) in [7, 11) is 0. The lowest BCUT2D eigenvalue weighted by molar-refractivity contribution is 0.0947. The summed E-state index contributed by atoms with van der Waals surface area (Å²) in [4.78, 5) is 13.6. The van der Waals surface area contributed by atoms with Gasteiger partial charge in [0.25, 0.3) is 5.91 Å². The second-order valence-electron chi connectivity index (χ2n) is 8.41. The van der Waals surface area contributed by atoms with Crippen molar-refractivity contribution in [1.82, 2.24) is 5.32 Å². The van der Waals surface area contributed by atoms with Gasteiger partial charge in [-0.15, -0.1) is 11.8 Å². The van der Waals surface area contributed by atoms with E-state index in [-0.39, 0.29) is 11.3 Å². The van der Waals surface area contributed by atoms with E-state index in [2.05, 4.69) is 50.4 Å². The van der Waals surface area contributed by atoms with Crippen molar-refractivity contribution in [3.05, 3.63) is 90.0 Å². The van der Waals surface area contributed by atoms with E-state index in [0.717, 1.165) is 17.3 Å². The summed E-state index contributed by atoms with van der Waals surface area (Å²) < 4.78 is 11.5. The van der Waals surface area contributed by atoms with Crippen LogP contribution in [0.2, 0.25) is 0 Å². The Bertz CT molecular complexity index is 965. The fourth-order valence-electron chi connectivity index (χ4n) is 3.02. The Morgan fingerprint density at radius 3 is 2.03 bits per heavy atom. The van der Waals surface area contributed by atoms with Gasteiger partial charge in [-0.3, -0.25) is 4.79 Å². The third-order valence-electron chi connectivity index (χ3n) is 4.86. The molecule has 0 aromatic heterocycles. The molecule has 0 unspecified atom stereocenters. The van der Waals surface area contributed by atoms with Gasteiger partial charge in [0.15, 0.2) is 0 Å². The van der Waals surface area contributed by atoms with Crippen LogP contribution in [0, 0.1) is 0 Å². The van der Waals surface area contributed by atoms with Crippen molar-refractivity contribution in [3.8, 4) is 11.5 Å². The van der Waals surface area contributed by atoms with Crippen LogP contribution in [-0.4, -0.2) is 31.4 Å². The summed E-state index contributed by atoms with van der Waals surface area (Å²) in [6.07, 6.45) is 0. The highest BCUT2D eigenvalue weighted by Gasteiger charge is 2.13. The van der Waals surface area contributed by atoms with Crippen LogP contribution in [-0.2, 0) is 5.41 Å². The van der Waals surface area contributed by atoms with Crippen LogP contribution in [0.25, 0.3) is 0 Å². The van der Waals surface area contributed by atoms with Crippen molar-refractivity contribution in [2.24, 2.45) is 0 Å². The monoisotopic (exact) mass is 449 g/mol. The van der Waals surface area contributed by atoms with Crippen LogP contribution in [0.3, 0.4) is 0 Å². The third-order valence-corrected chi connectivity index (χ3v) is 5.83. The molecule has 5 heteroatoms. The lowest BCUT2D eigenvalue weighted by atomic mass is 9.87. The van der Waals surface area contributed by atoms with Crippen molar-refractivity contribution in [2.45, 2.75) is 31.1 Å². The number of carbonyl (C=O) groups excluding carboxylic acids is 1. The van der Waals surface area contributed by atoms with Crippen LogP contribution >= 0.6 is 11.8 Å². The molecular weight excluding hydrogens is 418 g/mol. The van der Waals surface area contributed by atoms with Gasteiger partial charge in [-0.1, -0.05) is 51.1 Å². The summed E-state index contributed by atoms with van der Waals surface area (Å²) in [5, 5.41) is 2.89. The SMILES string of the molecule is CC(C)(C)c1ccc(OCCNC(=O)c2ccc(OCCSc3ccccc3)cc2)cc1. The van der Waals surface area contributed by atoms with E-state index in [1.807, 2.05) is 42.5 Å². The van der Waals surface area contributed by atoms with E-state index in [0.29, 0.717) is 25.3 Å². The van der Waals surface area contributed by atoms with Gasteiger partial charge in [-0.25, -0.2) is 0 Å². The minimum absolute atomic E-state index is 0.119. The maximum atomic E-state index is 12.3. The maximum Gasteiger partial charge on any atom is 0.251 e. The smallest absolute Gasteiger partial charge is 0.251 e. The molecule has 3 aromatic carbocycles. The molecular formula is C27H31NO3S. The van der Waals surface area contributed by atoms with E-state index < -0.39 is 0 Å². The standard InChI is InChI=1S/C27H31NO3S/c1-27(2,3)22-11-15-24(16-12-22)30-18-17-28-26(29)21-9-13-23(14-10-21)31-19-20-32-25-7-5-4-6-8-25/h4-16H,17-20H2,1-3H3,(H,28,29). The van der Waals surface area contributed by atoms with Gasteiger partial charge in [-0.2, -0.15) is 0 Å². The Labute approximate surface area is 195 Å². The number of hydrogen-bond acceptors (Lipinski definition) is 4. The van der Waals surface area contributed by atoms with Crippen molar-refractivity contribution < 1.29 is 14.3 Å². The zero-order valence-electron chi connectivity index (χ0n) is 19.0. The minimum atomic E-state index is -0.122. The topological polar surface area (TPSA) is 47.6 Å². The molecule has 168 valence electrons. The highest BCUT2D eigenvalue weighted by molar-refractivity contribution is 7.99. The Hall–Kier alpha value is -2.92. The predicted octanol–water partition coefficient (Wildman–Crippen LogP) is 5.96. The van der Waals surface area contributed by atoms with Crippen LogP contribution in [0.4, 0.5) is 0 Å². The average molecular weight is 450 g/mol. The fourth-order valence-corrected chi connectivity index (χ4v) is 3.78.